The molecule has 0 radical (unpaired) electrons. The minimum absolute atomic E-state index is 0.123. The molecule has 14 heavy (non-hydrogen) atoms. The summed E-state index contributed by atoms with van der Waals surface area (Å²) in [5.41, 5.74) is 0. The lowest BCUT2D eigenvalue weighted by Gasteiger charge is -2.15. The zero-order valence-electron chi connectivity index (χ0n) is 9.96. The van der Waals surface area contributed by atoms with E-state index in [9.17, 15) is 0 Å². The van der Waals surface area contributed by atoms with E-state index in [0.717, 1.165) is 10.2 Å². The molecule has 0 saturated carbocycles. The quantitative estimate of drug-likeness (QED) is 0.473. The van der Waals surface area contributed by atoms with Gasteiger partial charge in [-0.05, 0) is 27.7 Å². The van der Waals surface area contributed by atoms with Crippen LogP contribution < -0.4 is 0 Å². The Balaban J connectivity index is 3.61. The van der Waals surface area contributed by atoms with Gasteiger partial charge >= 0.3 is 0 Å². The fraction of sp³-hybridized carbons (Fsp3) is 0.556. The van der Waals surface area contributed by atoms with Crippen LogP contribution in [0, 0.1) is 0 Å². The van der Waals surface area contributed by atoms with Gasteiger partial charge in [0, 0.05) is 0 Å². The Hall–Kier alpha value is 0.0506. The number of hydrogen-bond acceptors (Lipinski definition) is 2. The Morgan fingerprint density at radius 2 is 1.43 bits per heavy atom. The van der Waals surface area contributed by atoms with Crippen LogP contribution in [0.3, 0.4) is 0 Å². The van der Waals surface area contributed by atoms with Crippen LogP contribution >= 0.6 is 0 Å². The summed E-state index contributed by atoms with van der Waals surface area (Å²) >= 11 is 0. The fourth-order valence-electron chi connectivity index (χ4n) is 0.712. The Bertz CT molecular complexity index is 192. The first kappa shape index (κ1) is 14.1. The lowest BCUT2D eigenvalue weighted by atomic mass is 10.6. The third-order valence-corrected chi connectivity index (χ3v) is 7.08. The summed E-state index contributed by atoms with van der Waals surface area (Å²) < 4.78 is 11.4. The van der Waals surface area contributed by atoms with Gasteiger partial charge in [-0.2, -0.15) is 0 Å². The van der Waals surface area contributed by atoms with Crippen molar-refractivity contribution in [3.63, 3.8) is 0 Å². The summed E-state index contributed by atoms with van der Waals surface area (Å²) in [6.45, 7) is 8.39. The van der Waals surface area contributed by atoms with Gasteiger partial charge in [-0.3, -0.25) is 0 Å². The number of allylic oxidation sites excluding steroid dienone is 4. The van der Waals surface area contributed by atoms with Gasteiger partial charge in [0.1, 0.15) is 5.91 Å². The van der Waals surface area contributed by atoms with Crippen LogP contribution in [0.1, 0.15) is 27.7 Å². The molecule has 0 atom stereocenters. The molecule has 0 unspecified atom stereocenters. The summed E-state index contributed by atoms with van der Waals surface area (Å²) in [6, 6.07) is 0. The molecule has 2 nitrogen and oxygen atoms in total. The topological polar surface area (TPSA) is 18.5 Å². The second kappa shape index (κ2) is 8.37. The fourth-order valence-corrected chi connectivity index (χ4v) is 3.43. The Labute approximate surface area is 95.1 Å². The molecule has 0 heterocycles. The van der Waals surface area contributed by atoms with Gasteiger partial charge in [0.2, 0.25) is 0 Å². The Morgan fingerprint density at radius 1 is 1.07 bits per heavy atom. The second-order valence-electron chi connectivity index (χ2n) is 3.46. The molecular weight excluding hydrogens is 224 g/mol. The third-order valence-electron chi connectivity index (χ3n) is 2.08. The number of rotatable bonds is 6. The second-order valence-corrected chi connectivity index (χ2v) is 7.88. The summed E-state index contributed by atoms with van der Waals surface area (Å²) in [5.74, 6) is 0.123. The van der Waals surface area contributed by atoms with Gasteiger partial charge in [0.15, 0.2) is 19.5 Å². The maximum Gasteiger partial charge on any atom is 0.190 e. The summed E-state index contributed by atoms with van der Waals surface area (Å²) in [5, 5.41) is 2.80. The summed E-state index contributed by atoms with van der Waals surface area (Å²) in [6.07, 6.45) is 4.27. The molecule has 0 aromatic carbocycles. The highest BCUT2D eigenvalue weighted by Crippen LogP contribution is 1.96. The molecule has 82 valence electrons. The largest absolute Gasteiger partial charge is 0.399 e. The van der Waals surface area contributed by atoms with Crippen LogP contribution in [0.25, 0.3) is 0 Å². The molecule has 0 aliphatic heterocycles. The van der Waals surface area contributed by atoms with Crippen molar-refractivity contribution in [1.29, 1.82) is 0 Å². The van der Waals surface area contributed by atoms with E-state index in [4.69, 9.17) is 8.85 Å². The van der Waals surface area contributed by atoms with E-state index >= 15 is 0 Å². The van der Waals surface area contributed by atoms with Crippen LogP contribution in [-0.4, -0.2) is 35.7 Å². The van der Waals surface area contributed by atoms with Crippen molar-refractivity contribution >= 4 is 29.8 Å². The highest BCUT2D eigenvalue weighted by atomic mass is 28.2. The molecule has 0 aromatic heterocycles. The lowest BCUT2D eigenvalue weighted by molar-refractivity contribution is 0.0875. The van der Waals surface area contributed by atoms with Crippen LogP contribution in [0.2, 0.25) is 0 Å². The normalized spacial score (nSPS) is 17.7. The van der Waals surface area contributed by atoms with Gasteiger partial charge in [0.25, 0.3) is 0 Å². The van der Waals surface area contributed by atoms with E-state index in [-0.39, 0.29) is 5.91 Å². The Morgan fingerprint density at radius 3 is 1.71 bits per heavy atom. The van der Waals surface area contributed by atoms with E-state index in [1.165, 1.54) is 10.4 Å². The van der Waals surface area contributed by atoms with Gasteiger partial charge < -0.3 is 8.85 Å². The van der Waals surface area contributed by atoms with Crippen LogP contribution in [-0.2, 0) is 8.85 Å². The number of hydrogen-bond donors (Lipinski definition) is 0. The van der Waals surface area contributed by atoms with Crippen molar-refractivity contribution in [2.75, 3.05) is 0 Å². The highest BCUT2D eigenvalue weighted by molar-refractivity contribution is 6.40. The van der Waals surface area contributed by atoms with Crippen LogP contribution in [0.4, 0.5) is 0 Å². The third kappa shape index (κ3) is 7.45. The Kier molecular flexibility index (Phi) is 8.40. The highest BCUT2D eigenvalue weighted by Gasteiger charge is 2.02. The molecule has 0 aliphatic carbocycles. The summed E-state index contributed by atoms with van der Waals surface area (Å²) in [4.78, 5) is 0. The molecule has 0 saturated heterocycles. The maximum absolute atomic E-state index is 5.71. The predicted molar refractivity (Wildman–Crippen MR) is 71.8 cm³/mol. The van der Waals surface area contributed by atoms with Gasteiger partial charge in [-0.25, -0.2) is 0 Å². The SMILES string of the molecule is CC=C(C)[SiH2]OC([SiH3])O[SiH2]C(C)=CC. The average Bonchev–Trinajstić information content (AvgIpc) is 2.22. The van der Waals surface area contributed by atoms with Crippen LogP contribution in [0.15, 0.2) is 22.5 Å². The van der Waals surface area contributed by atoms with Gasteiger partial charge in [0.05, 0.1) is 10.2 Å². The standard InChI is InChI=1S/C9H22O2Si3/c1-5-7(3)13-10-9(12)11-14-8(4)6-2/h5-6,9H,13-14H2,1-4,12H3. The molecule has 0 N–H and O–H groups in total. The first-order valence-corrected chi connectivity index (χ1v) is 8.79. The molecule has 5 heteroatoms. The van der Waals surface area contributed by atoms with E-state index in [0.29, 0.717) is 0 Å². The molecular formula is C9H22O2Si3. The molecule has 0 aromatic rings. The van der Waals surface area contributed by atoms with Gasteiger partial charge in [-0.15, -0.1) is 0 Å². The van der Waals surface area contributed by atoms with E-state index in [2.05, 4.69) is 39.8 Å². The maximum atomic E-state index is 5.71. The zero-order valence-corrected chi connectivity index (χ0v) is 14.8. The van der Waals surface area contributed by atoms with Crippen molar-refractivity contribution < 1.29 is 8.85 Å². The van der Waals surface area contributed by atoms with Crippen molar-refractivity contribution in [3.8, 4) is 0 Å². The first-order chi connectivity index (χ1) is 6.60. The molecule has 0 fully saturated rings. The van der Waals surface area contributed by atoms with Crippen LogP contribution in [0.5, 0.6) is 0 Å². The van der Waals surface area contributed by atoms with Crippen molar-refractivity contribution in [3.05, 3.63) is 22.5 Å². The molecule has 0 spiro atoms. The average molecular weight is 247 g/mol. The van der Waals surface area contributed by atoms with E-state index in [1.807, 2.05) is 0 Å². The predicted octanol–water partition coefficient (Wildman–Crippen LogP) is -0.316. The summed E-state index contributed by atoms with van der Waals surface area (Å²) in [7, 11) is -0.00297. The van der Waals surface area contributed by atoms with E-state index < -0.39 is 19.5 Å². The molecule has 0 amide bonds. The van der Waals surface area contributed by atoms with Gasteiger partial charge in [-0.1, -0.05) is 22.5 Å². The molecule has 0 rings (SSSR count). The lowest BCUT2D eigenvalue weighted by Crippen LogP contribution is -2.22. The van der Waals surface area contributed by atoms with Crippen molar-refractivity contribution in [1.82, 2.24) is 0 Å². The monoisotopic (exact) mass is 246 g/mol. The van der Waals surface area contributed by atoms with Crippen molar-refractivity contribution in [2.24, 2.45) is 0 Å². The zero-order chi connectivity index (χ0) is 11.0. The molecule has 0 aliphatic rings. The molecule has 0 bridgehead atoms. The smallest absolute Gasteiger partial charge is 0.190 e. The van der Waals surface area contributed by atoms with E-state index in [1.54, 1.807) is 0 Å². The van der Waals surface area contributed by atoms with Crippen molar-refractivity contribution in [2.45, 2.75) is 33.6 Å². The first-order valence-electron chi connectivity index (χ1n) is 5.07. The minimum Gasteiger partial charge on any atom is -0.399 e. The minimum atomic E-state index is -0.489.